The lowest BCUT2D eigenvalue weighted by Gasteiger charge is -2.01. The van der Waals surface area contributed by atoms with Crippen LogP contribution in [-0.2, 0) is 4.74 Å². The molecule has 1 aromatic heterocycles. The number of benzene rings is 1. The van der Waals surface area contributed by atoms with E-state index in [1.807, 2.05) is 19.9 Å². The zero-order chi connectivity index (χ0) is 12.7. The van der Waals surface area contributed by atoms with Crippen LogP contribution in [0, 0.1) is 6.92 Å². The Bertz CT molecular complexity index is 605. The smallest absolute Gasteiger partial charge is 0.342 e. The third-order valence-electron chi connectivity index (χ3n) is 3.42. The molecule has 0 unspecified atom stereocenters. The van der Waals surface area contributed by atoms with Gasteiger partial charge in [0.15, 0.2) is 0 Å². The molecule has 94 valence electrons. The number of esters is 1. The molecule has 0 amide bonds. The van der Waals surface area contributed by atoms with Crippen LogP contribution in [-0.4, -0.2) is 12.6 Å². The zero-order valence-electron chi connectivity index (χ0n) is 10.7. The first-order valence-electron chi connectivity index (χ1n) is 6.41. The van der Waals surface area contributed by atoms with Crippen LogP contribution >= 0.6 is 0 Å². The van der Waals surface area contributed by atoms with Gasteiger partial charge in [-0.15, -0.1) is 0 Å². The highest BCUT2D eigenvalue weighted by Gasteiger charge is 2.26. The highest BCUT2D eigenvalue weighted by Crippen LogP contribution is 2.41. The van der Waals surface area contributed by atoms with Gasteiger partial charge >= 0.3 is 5.97 Å². The zero-order valence-corrected chi connectivity index (χ0v) is 10.7. The van der Waals surface area contributed by atoms with E-state index in [4.69, 9.17) is 9.15 Å². The number of hydrogen-bond donors (Lipinski definition) is 0. The van der Waals surface area contributed by atoms with Crippen LogP contribution in [0.5, 0.6) is 0 Å². The summed E-state index contributed by atoms with van der Waals surface area (Å²) in [7, 11) is 0. The molecule has 2 aromatic rings. The van der Waals surface area contributed by atoms with Gasteiger partial charge in [0.05, 0.1) is 6.61 Å². The van der Waals surface area contributed by atoms with E-state index < -0.39 is 0 Å². The predicted molar refractivity (Wildman–Crippen MR) is 68.9 cm³/mol. The van der Waals surface area contributed by atoms with Gasteiger partial charge in [0.25, 0.3) is 0 Å². The van der Waals surface area contributed by atoms with Gasteiger partial charge in [0.1, 0.15) is 16.9 Å². The Morgan fingerprint density at radius 3 is 2.89 bits per heavy atom. The number of carbonyl (C=O) groups excluding carboxylic acids is 1. The maximum atomic E-state index is 12.0. The molecule has 3 nitrogen and oxygen atoms in total. The molecule has 1 heterocycles. The largest absolute Gasteiger partial charge is 0.462 e. The summed E-state index contributed by atoms with van der Waals surface area (Å²) in [6, 6.07) is 6.13. The summed E-state index contributed by atoms with van der Waals surface area (Å²) in [5.74, 6) is 1.01. The van der Waals surface area contributed by atoms with Crippen LogP contribution < -0.4 is 0 Å². The van der Waals surface area contributed by atoms with Gasteiger partial charge in [-0.25, -0.2) is 4.79 Å². The molecule has 1 aromatic carbocycles. The van der Waals surface area contributed by atoms with Crippen molar-refractivity contribution in [3.05, 3.63) is 35.1 Å². The number of rotatable bonds is 3. The lowest BCUT2D eigenvalue weighted by molar-refractivity contribution is 0.0526. The second-order valence-electron chi connectivity index (χ2n) is 4.78. The van der Waals surface area contributed by atoms with Crippen molar-refractivity contribution >= 4 is 16.9 Å². The maximum Gasteiger partial charge on any atom is 0.342 e. The minimum atomic E-state index is -0.290. The van der Waals surface area contributed by atoms with E-state index in [9.17, 15) is 4.79 Å². The lowest BCUT2D eigenvalue weighted by Crippen LogP contribution is -2.05. The molecule has 0 radical (unpaired) electrons. The van der Waals surface area contributed by atoms with E-state index in [2.05, 4.69) is 12.1 Å². The van der Waals surface area contributed by atoms with E-state index >= 15 is 0 Å². The first-order chi connectivity index (χ1) is 8.70. The Hall–Kier alpha value is -1.77. The number of hydrogen-bond acceptors (Lipinski definition) is 3. The van der Waals surface area contributed by atoms with Gasteiger partial charge in [-0.05, 0) is 50.3 Å². The van der Waals surface area contributed by atoms with Gasteiger partial charge < -0.3 is 9.15 Å². The molecule has 0 bridgehead atoms. The van der Waals surface area contributed by atoms with Crippen LogP contribution in [0.4, 0.5) is 0 Å². The molecule has 3 rings (SSSR count). The van der Waals surface area contributed by atoms with Gasteiger partial charge in [-0.1, -0.05) is 6.07 Å². The topological polar surface area (TPSA) is 39.4 Å². The van der Waals surface area contributed by atoms with Crippen molar-refractivity contribution in [3.8, 4) is 0 Å². The molecule has 18 heavy (non-hydrogen) atoms. The molecule has 3 heteroatoms. The quantitative estimate of drug-likeness (QED) is 0.771. The minimum Gasteiger partial charge on any atom is -0.462 e. The highest BCUT2D eigenvalue weighted by molar-refractivity contribution is 6.04. The SMILES string of the molecule is CCOC(=O)c1c(C)oc2ccc(C3CC3)cc12. The van der Waals surface area contributed by atoms with Crippen LogP contribution in [0.15, 0.2) is 22.6 Å². The van der Waals surface area contributed by atoms with Crippen LogP contribution in [0.1, 0.15) is 47.4 Å². The fraction of sp³-hybridized carbons (Fsp3) is 0.400. The van der Waals surface area contributed by atoms with E-state index in [0.717, 1.165) is 11.0 Å². The Balaban J connectivity index is 2.12. The Kier molecular flexibility index (Phi) is 2.62. The average Bonchev–Trinajstić information content (AvgIpc) is 3.11. The highest BCUT2D eigenvalue weighted by atomic mass is 16.5. The molecule has 1 fully saturated rings. The van der Waals surface area contributed by atoms with Gasteiger partial charge in [-0.2, -0.15) is 0 Å². The fourth-order valence-electron chi connectivity index (χ4n) is 2.37. The van der Waals surface area contributed by atoms with Gasteiger partial charge in [-0.3, -0.25) is 0 Å². The number of furan rings is 1. The third-order valence-corrected chi connectivity index (χ3v) is 3.42. The summed E-state index contributed by atoms with van der Waals surface area (Å²) in [6.07, 6.45) is 2.49. The first kappa shape index (κ1) is 11.3. The first-order valence-corrected chi connectivity index (χ1v) is 6.41. The summed E-state index contributed by atoms with van der Waals surface area (Å²) in [6.45, 7) is 4.00. The monoisotopic (exact) mass is 244 g/mol. The lowest BCUT2D eigenvalue weighted by atomic mass is 10.1. The predicted octanol–water partition coefficient (Wildman–Crippen LogP) is 3.80. The van der Waals surface area contributed by atoms with E-state index in [1.54, 1.807) is 0 Å². The number of fused-ring (bicyclic) bond motifs is 1. The molecule has 0 spiro atoms. The normalized spacial score (nSPS) is 15.0. The Labute approximate surface area is 106 Å². The second-order valence-corrected chi connectivity index (χ2v) is 4.78. The molecule has 1 saturated carbocycles. The average molecular weight is 244 g/mol. The molecule has 0 N–H and O–H groups in total. The summed E-state index contributed by atoms with van der Waals surface area (Å²) >= 11 is 0. The Morgan fingerprint density at radius 1 is 1.44 bits per heavy atom. The van der Waals surface area contributed by atoms with Crippen molar-refractivity contribution in [2.45, 2.75) is 32.6 Å². The second kappa shape index (κ2) is 4.16. The standard InChI is InChI=1S/C15H16O3/c1-3-17-15(16)14-9(2)18-13-7-6-11(8-12(13)14)10-4-5-10/h6-8,10H,3-5H2,1-2H3. The number of ether oxygens (including phenoxy) is 1. The van der Waals surface area contributed by atoms with Gasteiger partial charge in [0, 0.05) is 5.39 Å². The summed E-state index contributed by atoms with van der Waals surface area (Å²) in [5.41, 5.74) is 2.64. The summed E-state index contributed by atoms with van der Waals surface area (Å²) < 4.78 is 10.7. The number of aryl methyl sites for hydroxylation is 1. The molecular weight excluding hydrogens is 228 g/mol. The van der Waals surface area contributed by atoms with Crippen molar-refractivity contribution < 1.29 is 13.9 Å². The third kappa shape index (κ3) is 1.80. The molecule has 0 saturated heterocycles. The van der Waals surface area contributed by atoms with E-state index in [0.29, 0.717) is 23.8 Å². The van der Waals surface area contributed by atoms with Crippen molar-refractivity contribution in [1.29, 1.82) is 0 Å². The van der Waals surface area contributed by atoms with Crippen molar-refractivity contribution in [2.75, 3.05) is 6.61 Å². The van der Waals surface area contributed by atoms with E-state index in [1.165, 1.54) is 18.4 Å². The van der Waals surface area contributed by atoms with Crippen molar-refractivity contribution in [2.24, 2.45) is 0 Å². The summed E-state index contributed by atoms with van der Waals surface area (Å²) in [4.78, 5) is 12.0. The van der Waals surface area contributed by atoms with Gasteiger partial charge in [0.2, 0.25) is 0 Å². The molecule has 0 aliphatic heterocycles. The number of carbonyl (C=O) groups is 1. The van der Waals surface area contributed by atoms with Crippen molar-refractivity contribution in [3.63, 3.8) is 0 Å². The molecule has 0 atom stereocenters. The van der Waals surface area contributed by atoms with Crippen LogP contribution in [0.2, 0.25) is 0 Å². The summed E-state index contributed by atoms with van der Waals surface area (Å²) in [5, 5.41) is 0.885. The molecule has 1 aliphatic carbocycles. The Morgan fingerprint density at radius 2 is 2.22 bits per heavy atom. The van der Waals surface area contributed by atoms with Crippen LogP contribution in [0.3, 0.4) is 0 Å². The van der Waals surface area contributed by atoms with Crippen LogP contribution in [0.25, 0.3) is 11.0 Å². The minimum absolute atomic E-state index is 0.290. The molecular formula is C15H16O3. The molecule has 1 aliphatic rings. The van der Waals surface area contributed by atoms with Crippen molar-refractivity contribution in [1.82, 2.24) is 0 Å². The maximum absolute atomic E-state index is 12.0. The van der Waals surface area contributed by atoms with E-state index in [-0.39, 0.29) is 5.97 Å². The fourth-order valence-corrected chi connectivity index (χ4v) is 2.37.